The van der Waals surface area contributed by atoms with Gasteiger partial charge in [-0.25, -0.2) is 0 Å². The standard InChI is InChI=1S/C29H35NO4.C9H12F6N2O/c1-29(2)15-17-30(18-16-29)19-21-11-13-25(33-3)27(28(21)34-4)24-10-6-8-22-20(12-14-26(31)32)7-5-9-23(22)24;10-8(11,12)5-17-3-1-7(2-4-17,6(16)18)9(13,14)15/h5-11,13H,12,14-19H2,1-4H3,(H,31,32);1-5H2,(H2,16,18). The van der Waals surface area contributed by atoms with E-state index in [9.17, 15) is 41.0 Å². The summed E-state index contributed by atoms with van der Waals surface area (Å²) in [6, 6.07) is 16.4. The van der Waals surface area contributed by atoms with E-state index in [2.05, 4.69) is 43.0 Å². The fourth-order valence-electron chi connectivity index (χ4n) is 7.02. The highest BCUT2D eigenvalue weighted by molar-refractivity contribution is 6.01. The Morgan fingerprint density at radius 3 is 1.94 bits per heavy atom. The van der Waals surface area contributed by atoms with Gasteiger partial charge in [0, 0.05) is 18.5 Å². The molecular formula is C38H47F6N3O5. The molecule has 0 unspecified atom stereocenters. The van der Waals surface area contributed by atoms with Gasteiger partial charge in [-0.15, -0.1) is 0 Å². The Labute approximate surface area is 299 Å². The number of amides is 1. The number of aliphatic carboxylic acids is 1. The number of likely N-dealkylation sites (tertiary alicyclic amines) is 2. The Hall–Kier alpha value is -4.04. The van der Waals surface area contributed by atoms with Crippen LogP contribution in [-0.4, -0.2) is 86.1 Å². The summed E-state index contributed by atoms with van der Waals surface area (Å²) < 4.78 is 86.4. The van der Waals surface area contributed by atoms with E-state index in [4.69, 9.17) is 15.2 Å². The van der Waals surface area contributed by atoms with Gasteiger partial charge < -0.3 is 20.3 Å². The topological polar surface area (TPSA) is 105 Å². The van der Waals surface area contributed by atoms with E-state index in [0.29, 0.717) is 11.8 Å². The number of ether oxygens (including phenoxy) is 2. The van der Waals surface area contributed by atoms with Gasteiger partial charge in [0.05, 0.1) is 26.3 Å². The van der Waals surface area contributed by atoms with E-state index < -0.39 is 62.1 Å². The van der Waals surface area contributed by atoms with Crippen LogP contribution in [0.4, 0.5) is 26.3 Å². The van der Waals surface area contributed by atoms with Gasteiger partial charge in [-0.3, -0.25) is 19.4 Å². The molecule has 5 rings (SSSR count). The number of nitrogens with two attached hydrogens (primary N) is 1. The molecule has 2 fully saturated rings. The molecule has 8 nitrogen and oxygen atoms in total. The zero-order valence-corrected chi connectivity index (χ0v) is 29.9. The number of halogens is 6. The summed E-state index contributed by atoms with van der Waals surface area (Å²) in [7, 11) is 3.42. The van der Waals surface area contributed by atoms with Crippen molar-refractivity contribution in [3.8, 4) is 22.6 Å². The first kappa shape index (κ1) is 40.7. The van der Waals surface area contributed by atoms with E-state index in [0.717, 1.165) is 69.1 Å². The molecule has 52 heavy (non-hydrogen) atoms. The van der Waals surface area contributed by atoms with Crippen molar-refractivity contribution < 1.29 is 50.5 Å². The number of alkyl halides is 6. The zero-order chi connectivity index (χ0) is 38.5. The fourth-order valence-corrected chi connectivity index (χ4v) is 7.02. The number of hydrogen-bond donors (Lipinski definition) is 2. The minimum Gasteiger partial charge on any atom is -0.496 e. The van der Waals surface area contributed by atoms with Crippen LogP contribution in [0.3, 0.4) is 0 Å². The van der Waals surface area contributed by atoms with E-state index in [-0.39, 0.29) is 6.42 Å². The third kappa shape index (κ3) is 9.68. The summed E-state index contributed by atoms with van der Waals surface area (Å²) >= 11 is 0. The smallest absolute Gasteiger partial charge is 0.403 e. The molecule has 3 aromatic rings. The predicted octanol–water partition coefficient (Wildman–Crippen LogP) is 7.84. The van der Waals surface area contributed by atoms with E-state index in [1.165, 1.54) is 12.8 Å². The van der Waals surface area contributed by atoms with Crippen molar-refractivity contribution in [1.29, 1.82) is 0 Å². The average molecular weight is 740 g/mol. The number of aryl methyl sites for hydroxylation is 1. The summed E-state index contributed by atoms with van der Waals surface area (Å²) in [6.45, 7) is 5.51. The second-order valence-corrected chi connectivity index (χ2v) is 14.3. The van der Waals surface area contributed by atoms with Gasteiger partial charge in [0.15, 0.2) is 0 Å². The van der Waals surface area contributed by atoms with Gasteiger partial charge in [-0.1, -0.05) is 56.3 Å². The number of carbonyl (C=O) groups is 2. The van der Waals surface area contributed by atoms with Crippen LogP contribution < -0.4 is 15.2 Å². The van der Waals surface area contributed by atoms with E-state index in [1.54, 1.807) is 14.2 Å². The molecule has 0 aromatic heterocycles. The zero-order valence-electron chi connectivity index (χ0n) is 29.9. The van der Waals surface area contributed by atoms with Crippen LogP contribution in [0.5, 0.6) is 11.5 Å². The lowest BCUT2D eigenvalue weighted by molar-refractivity contribution is -0.234. The van der Waals surface area contributed by atoms with Gasteiger partial charge in [0.25, 0.3) is 0 Å². The molecular weight excluding hydrogens is 692 g/mol. The molecule has 2 heterocycles. The molecule has 0 aliphatic carbocycles. The Bertz CT molecular complexity index is 1710. The number of primary amides is 1. The summed E-state index contributed by atoms with van der Waals surface area (Å²) in [4.78, 5) is 25.5. The van der Waals surface area contributed by atoms with Crippen LogP contribution in [0.2, 0.25) is 0 Å². The van der Waals surface area contributed by atoms with Crippen LogP contribution in [0, 0.1) is 10.8 Å². The lowest BCUT2D eigenvalue weighted by Crippen LogP contribution is -2.56. The Morgan fingerprint density at radius 2 is 1.40 bits per heavy atom. The van der Waals surface area contributed by atoms with Crippen molar-refractivity contribution in [3.05, 3.63) is 59.7 Å². The second kappa shape index (κ2) is 16.3. The van der Waals surface area contributed by atoms with Gasteiger partial charge in [-0.05, 0) is 91.7 Å². The number of fused-ring (bicyclic) bond motifs is 1. The molecule has 0 spiro atoms. The van der Waals surface area contributed by atoms with Crippen LogP contribution in [-0.2, 0) is 22.6 Å². The first-order chi connectivity index (χ1) is 24.3. The predicted molar refractivity (Wildman–Crippen MR) is 186 cm³/mol. The molecule has 3 N–H and O–H groups in total. The highest BCUT2D eigenvalue weighted by atomic mass is 19.4. The van der Waals surface area contributed by atoms with Crippen molar-refractivity contribution in [2.75, 3.05) is 46.9 Å². The monoisotopic (exact) mass is 739 g/mol. The van der Waals surface area contributed by atoms with Crippen LogP contribution in [0.15, 0.2) is 48.5 Å². The Balaban J connectivity index is 0.000000284. The first-order valence-electron chi connectivity index (χ1n) is 17.2. The molecule has 2 saturated heterocycles. The number of carbonyl (C=O) groups excluding carboxylic acids is 1. The molecule has 0 radical (unpaired) electrons. The summed E-state index contributed by atoms with van der Waals surface area (Å²) in [5, 5.41) is 11.3. The van der Waals surface area contributed by atoms with Crippen LogP contribution in [0.25, 0.3) is 21.9 Å². The average Bonchev–Trinajstić information content (AvgIpc) is 3.07. The van der Waals surface area contributed by atoms with E-state index in [1.807, 2.05) is 24.3 Å². The molecule has 14 heteroatoms. The molecule has 0 atom stereocenters. The van der Waals surface area contributed by atoms with Crippen molar-refractivity contribution in [2.24, 2.45) is 16.6 Å². The Morgan fingerprint density at radius 1 is 0.808 bits per heavy atom. The number of rotatable bonds is 10. The molecule has 286 valence electrons. The number of carboxylic acids is 1. The summed E-state index contributed by atoms with van der Waals surface area (Å²) in [6.07, 6.45) is -7.77. The quantitative estimate of drug-likeness (QED) is 0.204. The third-order valence-electron chi connectivity index (χ3n) is 10.2. The minimum atomic E-state index is -4.83. The van der Waals surface area contributed by atoms with Gasteiger partial charge in [0.1, 0.15) is 16.9 Å². The van der Waals surface area contributed by atoms with Crippen LogP contribution in [0.1, 0.15) is 57.1 Å². The highest BCUT2D eigenvalue weighted by Crippen LogP contribution is 2.47. The maximum atomic E-state index is 12.8. The van der Waals surface area contributed by atoms with Gasteiger partial charge in [-0.2, -0.15) is 26.3 Å². The highest BCUT2D eigenvalue weighted by Gasteiger charge is 2.60. The van der Waals surface area contributed by atoms with Crippen molar-refractivity contribution in [1.82, 2.24) is 9.80 Å². The number of methoxy groups -OCH3 is 2. The van der Waals surface area contributed by atoms with Crippen LogP contribution >= 0.6 is 0 Å². The van der Waals surface area contributed by atoms with Crippen molar-refractivity contribution in [2.45, 2.75) is 71.3 Å². The Kier molecular flexibility index (Phi) is 12.8. The van der Waals surface area contributed by atoms with Crippen molar-refractivity contribution in [3.63, 3.8) is 0 Å². The van der Waals surface area contributed by atoms with Gasteiger partial charge in [0.2, 0.25) is 5.91 Å². The maximum Gasteiger partial charge on any atom is 0.403 e. The molecule has 2 aliphatic heterocycles. The number of benzene rings is 3. The largest absolute Gasteiger partial charge is 0.496 e. The lowest BCUT2D eigenvalue weighted by Gasteiger charge is -2.40. The summed E-state index contributed by atoms with van der Waals surface area (Å²) in [5.41, 5.74) is 6.63. The van der Waals surface area contributed by atoms with Crippen molar-refractivity contribution >= 4 is 22.6 Å². The maximum absolute atomic E-state index is 12.8. The third-order valence-corrected chi connectivity index (χ3v) is 10.2. The normalized spacial score (nSPS) is 18.0. The van der Waals surface area contributed by atoms with Gasteiger partial charge >= 0.3 is 18.3 Å². The molecule has 2 aliphatic rings. The minimum absolute atomic E-state index is 0.109. The SMILES string of the molecule is COc1ccc(CN2CCC(C)(C)CC2)c(OC)c1-c1cccc2c(CCC(=O)O)cccc12.NC(=O)C1(C(F)(F)F)CCN(CC(F)(F)F)CC1. The first-order valence-corrected chi connectivity index (χ1v) is 17.2. The summed E-state index contributed by atoms with van der Waals surface area (Å²) in [5.74, 6) is -0.705. The molecule has 3 aromatic carbocycles. The lowest BCUT2D eigenvalue weighted by atomic mass is 9.77. The number of carboxylic acid groups (broad SMARTS) is 1. The molecule has 1 amide bonds. The number of nitrogens with zero attached hydrogens (tertiary/aromatic N) is 2. The molecule has 0 bridgehead atoms. The number of piperidine rings is 2. The fraction of sp³-hybridized carbons (Fsp3) is 0.526. The van der Waals surface area contributed by atoms with E-state index >= 15 is 0 Å². The molecule has 0 saturated carbocycles. The second-order valence-electron chi connectivity index (χ2n) is 14.3. The number of hydrogen-bond acceptors (Lipinski definition) is 6.